The lowest BCUT2D eigenvalue weighted by atomic mass is 10.1. The number of anilines is 2. The Kier molecular flexibility index (Phi) is 5.84. The van der Waals surface area contributed by atoms with Crippen LogP contribution in [0.3, 0.4) is 0 Å². The van der Waals surface area contributed by atoms with Gasteiger partial charge in [0.15, 0.2) is 0 Å². The highest BCUT2D eigenvalue weighted by Gasteiger charge is 2.13. The average molecular weight is 265 g/mol. The minimum atomic E-state index is 0.512. The van der Waals surface area contributed by atoms with Crippen LogP contribution in [0.25, 0.3) is 0 Å². The monoisotopic (exact) mass is 265 g/mol. The quantitative estimate of drug-likeness (QED) is 0.641. The van der Waals surface area contributed by atoms with Crippen molar-refractivity contribution in [2.75, 3.05) is 44.0 Å². The van der Waals surface area contributed by atoms with Crippen molar-refractivity contribution in [3.8, 4) is 0 Å². The minimum absolute atomic E-state index is 0.512. The summed E-state index contributed by atoms with van der Waals surface area (Å²) in [6, 6.07) is 2.48. The van der Waals surface area contributed by atoms with Crippen LogP contribution in [0.2, 0.25) is 0 Å². The molecule has 19 heavy (non-hydrogen) atoms. The van der Waals surface area contributed by atoms with Gasteiger partial charge in [-0.3, -0.25) is 0 Å². The first kappa shape index (κ1) is 14.0. The summed E-state index contributed by atoms with van der Waals surface area (Å²) in [6.07, 6.45) is 4.85. The van der Waals surface area contributed by atoms with Gasteiger partial charge in [-0.1, -0.05) is 0 Å². The summed E-state index contributed by atoms with van der Waals surface area (Å²) in [7, 11) is 1.71. The largest absolute Gasteiger partial charge is 0.385 e. The number of hydrogen-bond acceptors (Lipinski definition) is 6. The van der Waals surface area contributed by atoms with E-state index in [4.69, 9.17) is 4.74 Å². The molecule has 2 heterocycles. The highest BCUT2D eigenvalue weighted by molar-refractivity contribution is 5.46. The maximum absolute atomic E-state index is 5.01. The maximum Gasteiger partial charge on any atom is 0.131 e. The molecule has 0 aromatic carbocycles. The molecule has 0 radical (unpaired) electrons. The van der Waals surface area contributed by atoms with Crippen molar-refractivity contribution in [3.05, 3.63) is 12.4 Å². The fourth-order valence-electron chi connectivity index (χ4n) is 2.14. The van der Waals surface area contributed by atoms with Crippen molar-refractivity contribution >= 4 is 11.6 Å². The van der Waals surface area contributed by atoms with Gasteiger partial charge in [0, 0.05) is 32.4 Å². The van der Waals surface area contributed by atoms with Gasteiger partial charge in [-0.05, 0) is 32.4 Å². The Bertz CT molecular complexity index is 368. The van der Waals surface area contributed by atoms with Crippen molar-refractivity contribution in [2.24, 2.45) is 0 Å². The number of piperidine rings is 1. The summed E-state index contributed by atoms with van der Waals surface area (Å²) in [4.78, 5) is 8.49. The van der Waals surface area contributed by atoms with Crippen LogP contribution in [0.1, 0.15) is 19.3 Å². The van der Waals surface area contributed by atoms with Crippen molar-refractivity contribution in [1.29, 1.82) is 0 Å². The van der Waals surface area contributed by atoms with Gasteiger partial charge in [0.25, 0.3) is 0 Å². The summed E-state index contributed by atoms with van der Waals surface area (Å²) < 4.78 is 5.01. The third-order valence-corrected chi connectivity index (χ3v) is 3.19. The molecule has 1 aromatic rings. The molecule has 0 atom stereocenters. The lowest BCUT2D eigenvalue weighted by Gasteiger charge is -2.24. The first-order valence-corrected chi connectivity index (χ1v) is 6.90. The van der Waals surface area contributed by atoms with E-state index < -0.39 is 0 Å². The summed E-state index contributed by atoms with van der Waals surface area (Å²) in [5, 5.41) is 10.1. The zero-order chi connectivity index (χ0) is 13.3. The molecule has 1 fully saturated rings. The normalized spacial score (nSPS) is 16.3. The molecule has 0 spiro atoms. The van der Waals surface area contributed by atoms with E-state index >= 15 is 0 Å². The first-order valence-electron chi connectivity index (χ1n) is 6.90. The SMILES string of the molecule is COCCCNc1cc(NC2CCNCC2)ncn1. The molecule has 1 aliphatic heterocycles. The molecule has 0 saturated carbocycles. The summed E-state index contributed by atoms with van der Waals surface area (Å²) in [5.41, 5.74) is 0. The minimum Gasteiger partial charge on any atom is -0.385 e. The number of hydrogen-bond donors (Lipinski definition) is 3. The van der Waals surface area contributed by atoms with E-state index in [1.807, 2.05) is 6.07 Å². The van der Waals surface area contributed by atoms with Gasteiger partial charge in [0.1, 0.15) is 18.0 Å². The fourth-order valence-corrected chi connectivity index (χ4v) is 2.14. The topological polar surface area (TPSA) is 71.1 Å². The zero-order valence-corrected chi connectivity index (χ0v) is 11.5. The van der Waals surface area contributed by atoms with E-state index in [-0.39, 0.29) is 0 Å². The van der Waals surface area contributed by atoms with E-state index in [1.165, 1.54) is 0 Å². The molecule has 1 saturated heterocycles. The molecular weight excluding hydrogens is 242 g/mol. The molecule has 3 N–H and O–H groups in total. The van der Waals surface area contributed by atoms with Crippen LogP contribution in [-0.4, -0.2) is 49.4 Å². The number of nitrogens with one attached hydrogen (secondary N) is 3. The summed E-state index contributed by atoms with van der Waals surface area (Å²) in [5.74, 6) is 1.76. The van der Waals surface area contributed by atoms with Gasteiger partial charge in [-0.2, -0.15) is 0 Å². The van der Waals surface area contributed by atoms with Crippen LogP contribution in [0.4, 0.5) is 11.6 Å². The lowest BCUT2D eigenvalue weighted by Crippen LogP contribution is -2.35. The van der Waals surface area contributed by atoms with Crippen LogP contribution in [-0.2, 0) is 4.74 Å². The Morgan fingerprint density at radius 2 is 2.11 bits per heavy atom. The van der Waals surface area contributed by atoms with E-state index in [2.05, 4.69) is 25.9 Å². The highest BCUT2D eigenvalue weighted by Crippen LogP contribution is 2.13. The molecule has 0 bridgehead atoms. The van der Waals surface area contributed by atoms with Crippen LogP contribution < -0.4 is 16.0 Å². The van der Waals surface area contributed by atoms with E-state index in [0.29, 0.717) is 6.04 Å². The molecule has 0 unspecified atom stereocenters. The average Bonchev–Trinajstić information content (AvgIpc) is 2.45. The van der Waals surface area contributed by atoms with Gasteiger partial charge in [-0.25, -0.2) is 9.97 Å². The smallest absolute Gasteiger partial charge is 0.131 e. The Labute approximate surface area is 114 Å². The second kappa shape index (κ2) is 7.91. The third-order valence-electron chi connectivity index (χ3n) is 3.19. The standard InChI is InChI=1S/C13H23N5O/c1-19-8-2-5-15-12-9-13(17-10-16-12)18-11-3-6-14-7-4-11/h9-11,14H,2-8H2,1H3,(H2,15,16,17,18). The molecule has 2 rings (SSSR count). The van der Waals surface area contributed by atoms with Gasteiger partial charge >= 0.3 is 0 Å². The number of ether oxygens (including phenoxy) is 1. The Morgan fingerprint density at radius 3 is 2.89 bits per heavy atom. The zero-order valence-electron chi connectivity index (χ0n) is 11.5. The lowest BCUT2D eigenvalue weighted by molar-refractivity contribution is 0.198. The summed E-state index contributed by atoms with van der Waals surface area (Å²) >= 11 is 0. The molecule has 1 aliphatic rings. The molecule has 106 valence electrons. The van der Waals surface area contributed by atoms with Gasteiger partial charge in [-0.15, -0.1) is 0 Å². The number of nitrogens with zero attached hydrogens (tertiary/aromatic N) is 2. The number of aromatic nitrogens is 2. The van der Waals surface area contributed by atoms with Crippen molar-refractivity contribution in [1.82, 2.24) is 15.3 Å². The van der Waals surface area contributed by atoms with Crippen molar-refractivity contribution in [2.45, 2.75) is 25.3 Å². The fraction of sp³-hybridized carbons (Fsp3) is 0.692. The second-order valence-corrected chi connectivity index (χ2v) is 4.73. The number of rotatable bonds is 7. The highest BCUT2D eigenvalue weighted by atomic mass is 16.5. The molecular formula is C13H23N5O. The van der Waals surface area contributed by atoms with E-state index in [1.54, 1.807) is 13.4 Å². The number of methoxy groups -OCH3 is 1. The van der Waals surface area contributed by atoms with E-state index in [0.717, 1.165) is 57.1 Å². The van der Waals surface area contributed by atoms with Crippen molar-refractivity contribution < 1.29 is 4.74 Å². The van der Waals surface area contributed by atoms with Crippen LogP contribution in [0.15, 0.2) is 12.4 Å². The first-order chi connectivity index (χ1) is 9.38. The summed E-state index contributed by atoms with van der Waals surface area (Å²) in [6.45, 7) is 3.77. The predicted octanol–water partition coefficient (Wildman–Crippen LogP) is 1.09. The van der Waals surface area contributed by atoms with Gasteiger partial charge in [0.2, 0.25) is 0 Å². The van der Waals surface area contributed by atoms with Gasteiger partial charge in [0.05, 0.1) is 0 Å². The Morgan fingerprint density at radius 1 is 1.32 bits per heavy atom. The molecule has 6 nitrogen and oxygen atoms in total. The second-order valence-electron chi connectivity index (χ2n) is 4.73. The molecule has 1 aromatic heterocycles. The molecule has 0 amide bonds. The molecule has 6 heteroatoms. The third kappa shape index (κ3) is 5.00. The Hall–Kier alpha value is -1.40. The molecule has 0 aliphatic carbocycles. The van der Waals surface area contributed by atoms with Crippen molar-refractivity contribution in [3.63, 3.8) is 0 Å². The van der Waals surface area contributed by atoms with Crippen LogP contribution >= 0.6 is 0 Å². The van der Waals surface area contributed by atoms with E-state index in [9.17, 15) is 0 Å². The van der Waals surface area contributed by atoms with Crippen LogP contribution in [0.5, 0.6) is 0 Å². The maximum atomic E-state index is 5.01. The van der Waals surface area contributed by atoms with Crippen LogP contribution in [0, 0.1) is 0 Å². The predicted molar refractivity (Wildman–Crippen MR) is 76.5 cm³/mol. The Balaban J connectivity index is 1.80. The van der Waals surface area contributed by atoms with Gasteiger partial charge < -0.3 is 20.7 Å².